The molecule has 0 radical (unpaired) electrons. The van der Waals surface area contributed by atoms with Gasteiger partial charge < -0.3 is 4.90 Å². The first-order valence-electron chi connectivity index (χ1n) is 10.1. The Hall–Kier alpha value is -2.69. The summed E-state index contributed by atoms with van der Waals surface area (Å²) < 4.78 is 1.90. The van der Waals surface area contributed by atoms with Gasteiger partial charge in [-0.3, -0.25) is 4.79 Å². The van der Waals surface area contributed by atoms with Crippen LogP contribution in [0.4, 0.5) is 0 Å². The first-order valence-corrected chi connectivity index (χ1v) is 10.1. The van der Waals surface area contributed by atoms with E-state index in [0.717, 1.165) is 22.3 Å². The molecule has 1 aliphatic rings. The Bertz CT molecular complexity index is 1020. The van der Waals surface area contributed by atoms with Crippen molar-refractivity contribution in [3.05, 3.63) is 47.7 Å². The van der Waals surface area contributed by atoms with E-state index < -0.39 is 0 Å². The Balaban J connectivity index is 1.86. The van der Waals surface area contributed by atoms with Crippen LogP contribution < -0.4 is 0 Å². The predicted molar refractivity (Wildman–Crippen MR) is 112 cm³/mol. The van der Waals surface area contributed by atoms with Crippen LogP contribution in [-0.4, -0.2) is 38.7 Å². The molecule has 0 aliphatic heterocycles. The van der Waals surface area contributed by atoms with E-state index in [4.69, 9.17) is 4.98 Å². The van der Waals surface area contributed by atoms with Crippen LogP contribution in [-0.2, 0) is 0 Å². The minimum atomic E-state index is 0.0449. The van der Waals surface area contributed by atoms with Crippen LogP contribution in [0.1, 0.15) is 55.6 Å². The third-order valence-corrected chi connectivity index (χ3v) is 5.87. The normalized spacial score (nSPS) is 15.2. The highest BCUT2D eigenvalue weighted by molar-refractivity contribution is 6.06. The molecule has 0 N–H and O–H groups in total. The van der Waals surface area contributed by atoms with E-state index >= 15 is 0 Å². The number of benzene rings is 1. The Morgan fingerprint density at radius 3 is 2.46 bits per heavy atom. The highest BCUT2D eigenvalue weighted by Gasteiger charge is 2.33. The van der Waals surface area contributed by atoms with Crippen LogP contribution in [0, 0.1) is 12.8 Å². The lowest BCUT2D eigenvalue weighted by atomic mass is 10.0. The van der Waals surface area contributed by atoms with Crippen LogP contribution in [0.25, 0.3) is 22.3 Å². The molecule has 5 heteroatoms. The molecule has 1 aromatic carbocycles. The highest BCUT2D eigenvalue weighted by Crippen LogP contribution is 2.36. The van der Waals surface area contributed by atoms with Crippen molar-refractivity contribution in [3.63, 3.8) is 0 Å². The average molecular weight is 377 g/mol. The quantitative estimate of drug-likeness (QED) is 0.639. The topological polar surface area (TPSA) is 51.0 Å². The maximum absolute atomic E-state index is 13.4. The fourth-order valence-electron chi connectivity index (χ4n) is 3.71. The molecule has 1 unspecified atom stereocenters. The van der Waals surface area contributed by atoms with Gasteiger partial charge in [0.25, 0.3) is 5.91 Å². The van der Waals surface area contributed by atoms with Crippen LogP contribution >= 0.6 is 0 Å². The number of carbonyl (C=O) groups is 1. The fourth-order valence-corrected chi connectivity index (χ4v) is 3.71. The van der Waals surface area contributed by atoms with Crippen LogP contribution in [0.5, 0.6) is 0 Å². The van der Waals surface area contributed by atoms with Crippen molar-refractivity contribution in [1.82, 2.24) is 19.7 Å². The van der Waals surface area contributed by atoms with E-state index in [9.17, 15) is 4.79 Å². The van der Waals surface area contributed by atoms with Gasteiger partial charge in [-0.05, 0) is 52.5 Å². The molecule has 1 fully saturated rings. The Kier molecular flexibility index (Phi) is 4.69. The lowest BCUT2D eigenvalue weighted by Crippen LogP contribution is -2.36. The molecule has 2 heterocycles. The van der Waals surface area contributed by atoms with Gasteiger partial charge >= 0.3 is 0 Å². The Morgan fingerprint density at radius 2 is 1.86 bits per heavy atom. The second kappa shape index (κ2) is 7.04. The van der Waals surface area contributed by atoms with Gasteiger partial charge in [-0.15, -0.1) is 0 Å². The zero-order valence-corrected chi connectivity index (χ0v) is 17.3. The number of hydrogen-bond acceptors (Lipinski definition) is 3. The van der Waals surface area contributed by atoms with E-state index in [1.165, 1.54) is 18.4 Å². The summed E-state index contributed by atoms with van der Waals surface area (Å²) in [5, 5.41) is 5.35. The number of amides is 1. The molecule has 1 atom stereocenters. The van der Waals surface area contributed by atoms with Gasteiger partial charge in [0.2, 0.25) is 0 Å². The summed E-state index contributed by atoms with van der Waals surface area (Å²) in [4.78, 5) is 20.2. The molecule has 1 amide bonds. The van der Waals surface area contributed by atoms with Gasteiger partial charge in [0.15, 0.2) is 5.65 Å². The molecule has 0 spiro atoms. The van der Waals surface area contributed by atoms with Crippen molar-refractivity contribution in [2.75, 3.05) is 7.05 Å². The van der Waals surface area contributed by atoms with Crippen molar-refractivity contribution >= 4 is 16.9 Å². The molecule has 5 nitrogen and oxygen atoms in total. The SMILES string of the molecule is Cc1ccc(-c2cc(C(=O)N(C)C(C)C3CC3)c3cnn(C(C)C)c3n2)cc1. The molecule has 146 valence electrons. The molecule has 1 saturated carbocycles. The second-order valence-electron chi connectivity index (χ2n) is 8.34. The minimum absolute atomic E-state index is 0.0449. The average Bonchev–Trinajstić information content (AvgIpc) is 3.44. The van der Waals surface area contributed by atoms with Gasteiger partial charge in [0.05, 0.1) is 22.8 Å². The maximum Gasteiger partial charge on any atom is 0.254 e. The lowest BCUT2D eigenvalue weighted by molar-refractivity contribution is 0.0729. The number of aryl methyl sites for hydroxylation is 1. The molecular formula is C23H28N4O. The molecule has 1 aliphatic carbocycles. The summed E-state index contributed by atoms with van der Waals surface area (Å²) in [7, 11) is 1.91. The van der Waals surface area contributed by atoms with E-state index in [-0.39, 0.29) is 18.0 Å². The van der Waals surface area contributed by atoms with Crippen molar-refractivity contribution in [3.8, 4) is 11.3 Å². The van der Waals surface area contributed by atoms with Gasteiger partial charge in [-0.2, -0.15) is 5.10 Å². The Labute approximate surface area is 166 Å². The molecule has 4 rings (SSSR count). The first-order chi connectivity index (χ1) is 13.4. The van der Waals surface area contributed by atoms with Crippen molar-refractivity contribution in [2.24, 2.45) is 5.92 Å². The standard InChI is InChI=1S/C23H28N4O/c1-14(2)27-22-20(13-24-27)19(23(28)26(5)16(4)17-10-11-17)12-21(25-22)18-8-6-15(3)7-9-18/h6-9,12-14,16-17H,10-11H2,1-5H3. The van der Waals surface area contributed by atoms with Crippen LogP contribution in [0.15, 0.2) is 36.5 Å². The fraction of sp³-hybridized carbons (Fsp3) is 0.435. The molecule has 3 aromatic rings. The zero-order chi connectivity index (χ0) is 20.0. The second-order valence-corrected chi connectivity index (χ2v) is 8.34. The summed E-state index contributed by atoms with van der Waals surface area (Å²) in [5.74, 6) is 0.671. The van der Waals surface area contributed by atoms with Crippen molar-refractivity contribution < 1.29 is 4.79 Å². The highest BCUT2D eigenvalue weighted by atomic mass is 16.2. The summed E-state index contributed by atoms with van der Waals surface area (Å²) in [6.45, 7) is 8.37. The summed E-state index contributed by atoms with van der Waals surface area (Å²) >= 11 is 0. The summed E-state index contributed by atoms with van der Waals surface area (Å²) in [6, 6.07) is 10.6. The number of rotatable bonds is 5. The number of pyridine rings is 1. The maximum atomic E-state index is 13.4. The Morgan fingerprint density at radius 1 is 1.18 bits per heavy atom. The smallest absolute Gasteiger partial charge is 0.254 e. The predicted octanol–water partition coefficient (Wildman–Crippen LogP) is 4.86. The number of nitrogens with zero attached hydrogens (tertiary/aromatic N) is 4. The monoisotopic (exact) mass is 376 g/mol. The number of fused-ring (bicyclic) bond motifs is 1. The van der Waals surface area contributed by atoms with Gasteiger partial charge in [-0.1, -0.05) is 29.8 Å². The number of aromatic nitrogens is 3. The molecule has 28 heavy (non-hydrogen) atoms. The third-order valence-electron chi connectivity index (χ3n) is 5.87. The van der Waals surface area contributed by atoms with E-state index in [1.54, 1.807) is 6.20 Å². The van der Waals surface area contributed by atoms with Crippen molar-refractivity contribution in [1.29, 1.82) is 0 Å². The van der Waals surface area contributed by atoms with Crippen LogP contribution in [0.2, 0.25) is 0 Å². The first kappa shape index (κ1) is 18.7. The molecular weight excluding hydrogens is 348 g/mol. The lowest BCUT2D eigenvalue weighted by Gasteiger charge is -2.25. The minimum Gasteiger partial charge on any atom is -0.339 e. The number of carbonyl (C=O) groups excluding carboxylic acids is 1. The van der Waals surface area contributed by atoms with Crippen molar-refractivity contribution in [2.45, 2.75) is 52.6 Å². The summed E-state index contributed by atoms with van der Waals surface area (Å²) in [6.07, 6.45) is 4.21. The van der Waals surface area contributed by atoms with E-state index in [1.807, 2.05) is 22.7 Å². The summed E-state index contributed by atoms with van der Waals surface area (Å²) in [5.41, 5.74) is 4.47. The van der Waals surface area contributed by atoms with Gasteiger partial charge in [0.1, 0.15) is 0 Å². The van der Waals surface area contributed by atoms with E-state index in [2.05, 4.69) is 57.1 Å². The number of hydrogen-bond donors (Lipinski definition) is 0. The van der Waals surface area contributed by atoms with Gasteiger partial charge in [-0.25, -0.2) is 9.67 Å². The van der Waals surface area contributed by atoms with Crippen LogP contribution in [0.3, 0.4) is 0 Å². The third kappa shape index (κ3) is 3.30. The largest absolute Gasteiger partial charge is 0.339 e. The molecule has 0 bridgehead atoms. The van der Waals surface area contributed by atoms with E-state index in [0.29, 0.717) is 11.5 Å². The zero-order valence-electron chi connectivity index (χ0n) is 17.3. The van der Waals surface area contributed by atoms with Gasteiger partial charge in [0, 0.05) is 24.7 Å². The molecule has 2 aromatic heterocycles. The molecule has 0 saturated heterocycles.